The van der Waals surface area contributed by atoms with Gasteiger partial charge in [0.1, 0.15) is 0 Å². The van der Waals surface area contributed by atoms with Crippen LogP contribution in [0.1, 0.15) is 163 Å². The number of hydrogen-bond donors (Lipinski definition) is 2. The molecule has 0 aliphatic rings. The highest BCUT2D eigenvalue weighted by molar-refractivity contribution is 5.70. The summed E-state index contributed by atoms with van der Waals surface area (Å²) in [6.07, 6.45) is 23.0. The summed E-state index contributed by atoms with van der Waals surface area (Å²) in [6, 6.07) is 0. The molecule has 0 saturated carbocycles. The van der Waals surface area contributed by atoms with Gasteiger partial charge in [0.05, 0.1) is 5.92 Å². The molecule has 0 bridgehead atoms. The van der Waals surface area contributed by atoms with Crippen LogP contribution in [-0.2, 0) is 9.59 Å². The minimum absolute atomic E-state index is 0.185. The van der Waals surface area contributed by atoms with Crippen molar-refractivity contribution in [1.29, 1.82) is 0 Å². The van der Waals surface area contributed by atoms with Gasteiger partial charge in [-0.15, -0.1) is 0 Å². The van der Waals surface area contributed by atoms with Gasteiger partial charge in [0.25, 0.3) is 0 Å². The van der Waals surface area contributed by atoms with E-state index < -0.39 is 11.9 Å². The number of aliphatic carboxylic acids is 2. The van der Waals surface area contributed by atoms with Crippen LogP contribution in [0.2, 0.25) is 0 Å². The Morgan fingerprint density at radius 1 is 0.571 bits per heavy atom. The highest BCUT2D eigenvalue weighted by Crippen LogP contribution is 2.36. The second-order valence-corrected chi connectivity index (χ2v) is 11.1. The molecule has 0 rings (SSSR count). The van der Waals surface area contributed by atoms with E-state index in [1.54, 1.807) is 0 Å². The minimum atomic E-state index is -0.691. The van der Waals surface area contributed by atoms with E-state index in [-0.39, 0.29) is 5.92 Å². The number of rotatable bonds is 26. The first-order chi connectivity index (χ1) is 16.9. The molecule has 0 amide bonds. The Morgan fingerprint density at radius 2 is 1.00 bits per heavy atom. The fourth-order valence-corrected chi connectivity index (χ4v) is 5.68. The van der Waals surface area contributed by atoms with E-state index >= 15 is 0 Å². The standard InChI is InChI=1S/C31H60O4/c1-5-9-20-26(7-3)24-28(25-27(8-4)21-10-6-2)29(31(34)35)22-18-16-14-12-11-13-15-17-19-23-30(32)33/h26-29H,5-25H2,1-4H3,(H,32,33)(H,34,35). The average molecular weight is 497 g/mol. The van der Waals surface area contributed by atoms with Crippen LogP contribution < -0.4 is 0 Å². The Balaban J connectivity index is 4.67. The number of unbranched alkanes of at least 4 members (excludes halogenated alkanes) is 10. The van der Waals surface area contributed by atoms with Crippen LogP contribution in [0.25, 0.3) is 0 Å². The number of hydrogen-bond acceptors (Lipinski definition) is 2. The molecular formula is C31H60O4. The van der Waals surface area contributed by atoms with E-state index in [2.05, 4.69) is 27.7 Å². The molecule has 0 aliphatic heterocycles. The van der Waals surface area contributed by atoms with Crippen LogP contribution in [0.4, 0.5) is 0 Å². The maximum absolute atomic E-state index is 12.4. The van der Waals surface area contributed by atoms with Crippen molar-refractivity contribution in [2.75, 3.05) is 0 Å². The van der Waals surface area contributed by atoms with Gasteiger partial charge in [0, 0.05) is 6.42 Å². The van der Waals surface area contributed by atoms with Crippen LogP contribution in [0.15, 0.2) is 0 Å². The Labute approximate surface area is 218 Å². The highest BCUT2D eigenvalue weighted by atomic mass is 16.4. The molecule has 0 aromatic rings. The molecule has 0 aromatic heterocycles. The van der Waals surface area contributed by atoms with E-state index in [4.69, 9.17) is 5.11 Å². The molecule has 35 heavy (non-hydrogen) atoms. The maximum atomic E-state index is 12.4. The maximum Gasteiger partial charge on any atom is 0.306 e. The zero-order valence-corrected chi connectivity index (χ0v) is 23.9. The van der Waals surface area contributed by atoms with Crippen molar-refractivity contribution in [3.63, 3.8) is 0 Å². The summed E-state index contributed by atoms with van der Waals surface area (Å²) < 4.78 is 0. The normalized spacial score (nSPS) is 15.0. The van der Waals surface area contributed by atoms with E-state index in [0.29, 0.717) is 24.2 Å². The zero-order chi connectivity index (χ0) is 26.3. The lowest BCUT2D eigenvalue weighted by Crippen LogP contribution is -2.28. The molecule has 0 spiro atoms. The second kappa shape index (κ2) is 23.3. The first-order valence-electron chi connectivity index (χ1n) is 15.3. The van der Waals surface area contributed by atoms with Crippen LogP contribution in [0.3, 0.4) is 0 Å². The SMILES string of the molecule is CCCCC(CC)CC(CC(CC)CCCC)C(CCCCCCCCCCCC(=O)O)C(=O)O. The summed E-state index contributed by atoms with van der Waals surface area (Å²) in [5.74, 6) is 0.218. The van der Waals surface area contributed by atoms with Gasteiger partial charge in [-0.2, -0.15) is 0 Å². The third-order valence-electron chi connectivity index (χ3n) is 8.15. The van der Waals surface area contributed by atoms with Crippen molar-refractivity contribution in [3.8, 4) is 0 Å². The van der Waals surface area contributed by atoms with Gasteiger partial charge in [0.2, 0.25) is 0 Å². The predicted molar refractivity (Wildman–Crippen MR) is 149 cm³/mol. The first-order valence-corrected chi connectivity index (χ1v) is 15.3. The molecule has 3 unspecified atom stereocenters. The van der Waals surface area contributed by atoms with Crippen molar-refractivity contribution in [2.24, 2.45) is 23.7 Å². The minimum Gasteiger partial charge on any atom is -0.481 e. The first kappa shape index (κ1) is 33.9. The van der Waals surface area contributed by atoms with Crippen molar-refractivity contribution in [3.05, 3.63) is 0 Å². The molecule has 0 heterocycles. The molecule has 3 atom stereocenters. The summed E-state index contributed by atoms with van der Waals surface area (Å²) in [6.45, 7) is 9.07. The van der Waals surface area contributed by atoms with Gasteiger partial charge in [0.15, 0.2) is 0 Å². The van der Waals surface area contributed by atoms with Gasteiger partial charge in [-0.1, -0.05) is 130 Å². The van der Waals surface area contributed by atoms with Crippen LogP contribution in [0, 0.1) is 23.7 Å². The van der Waals surface area contributed by atoms with Gasteiger partial charge in [-0.3, -0.25) is 9.59 Å². The molecule has 0 radical (unpaired) electrons. The van der Waals surface area contributed by atoms with E-state index in [0.717, 1.165) is 51.4 Å². The fourth-order valence-electron chi connectivity index (χ4n) is 5.68. The molecule has 4 nitrogen and oxygen atoms in total. The quantitative estimate of drug-likeness (QED) is 0.117. The lowest BCUT2D eigenvalue weighted by Gasteiger charge is -2.31. The van der Waals surface area contributed by atoms with Crippen LogP contribution in [0.5, 0.6) is 0 Å². The van der Waals surface area contributed by atoms with Gasteiger partial charge in [-0.25, -0.2) is 0 Å². The van der Waals surface area contributed by atoms with Crippen molar-refractivity contribution >= 4 is 11.9 Å². The molecule has 0 aliphatic carbocycles. The summed E-state index contributed by atoms with van der Waals surface area (Å²) in [4.78, 5) is 23.0. The van der Waals surface area contributed by atoms with Gasteiger partial charge < -0.3 is 10.2 Å². The van der Waals surface area contributed by atoms with E-state index in [9.17, 15) is 14.7 Å². The van der Waals surface area contributed by atoms with E-state index in [1.807, 2.05) is 0 Å². The third-order valence-corrected chi connectivity index (χ3v) is 8.15. The molecule has 0 saturated heterocycles. The fraction of sp³-hybridized carbons (Fsp3) is 0.935. The molecule has 0 aromatic carbocycles. The highest BCUT2D eigenvalue weighted by Gasteiger charge is 2.31. The van der Waals surface area contributed by atoms with Gasteiger partial charge >= 0.3 is 11.9 Å². The Kier molecular flexibility index (Phi) is 22.6. The summed E-state index contributed by atoms with van der Waals surface area (Å²) in [5, 5.41) is 18.9. The molecule has 4 heteroatoms. The van der Waals surface area contributed by atoms with Crippen molar-refractivity contribution in [2.45, 2.75) is 163 Å². The monoisotopic (exact) mass is 496 g/mol. The molecule has 0 fully saturated rings. The van der Waals surface area contributed by atoms with Crippen LogP contribution in [-0.4, -0.2) is 22.2 Å². The molecular weight excluding hydrogens is 436 g/mol. The number of carboxylic acids is 2. The summed E-state index contributed by atoms with van der Waals surface area (Å²) >= 11 is 0. The molecule has 208 valence electrons. The Hall–Kier alpha value is -1.06. The Morgan fingerprint density at radius 3 is 1.37 bits per heavy atom. The topological polar surface area (TPSA) is 74.6 Å². The van der Waals surface area contributed by atoms with Crippen molar-refractivity contribution < 1.29 is 19.8 Å². The van der Waals surface area contributed by atoms with Crippen molar-refractivity contribution in [1.82, 2.24) is 0 Å². The zero-order valence-electron chi connectivity index (χ0n) is 23.9. The lowest BCUT2D eigenvalue weighted by atomic mass is 9.74. The van der Waals surface area contributed by atoms with E-state index in [1.165, 1.54) is 77.0 Å². The van der Waals surface area contributed by atoms with Gasteiger partial charge in [-0.05, 0) is 43.4 Å². The second-order valence-electron chi connectivity index (χ2n) is 11.1. The third kappa shape index (κ3) is 18.8. The predicted octanol–water partition coefficient (Wildman–Crippen LogP) is 9.89. The lowest BCUT2D eigenvalue weighted by molar-refractivity contribution is -0.144. The Bertz CT molecular complexity index is 486. The largest absolute Gasteiger partial charge is 0.481 e. The number of carboxylic acid groups (broad SMARTS) is 2. The number of carbonyl (C=O) groups is 2. The smallest absolute Gasteiger partial charge is 0.306 e. The summed E-state index contributed by atoms with van der Waals surface area (Å²) in [5.41, 5.74) is 0. The summed E-state index contributed by atoms with van der Waals surface area (Å²) in [7, 11) is 0. The van der Waals surface area contributed by atoms with Crippen LogP contribution >= 0.6 is 0 Å². The average Bonchev–Trinajstić information content (AvgIpc) is 2.83. The molecule has 2 N–H and O–H groups in total.